The molecule has 0 amide bonds. The molecule has 0 aliphatic carbocycles. The lowest BCUT2D eigenvalue weighted by Crippen LogP contribution is -2.25. The highest BCUT2D eigenvalue weighted by Gasteiger charge is 2.16. The number of unbranched alkanes of at least 4 members (excludes halogenated alkanes) is 2. The third kappa shape index (κ3) is 5.64. The summed E-state index contributed by atoms with van der Waals surface area (Å²) in [6, 6.07) is 17.8. The van der Waals surface area contributed by atoms with Gasteiger partial charge in [0.1, 0.15) is 20.7 Å². The third-order valence-corrected chi connectivity index (χ3v) is 5.86. The van der Waals surface area contributed by atoms with Crippen LogP contribution in [0.4, 0.5) is 0 Å². The predicted octanol–water partition coefficient (Wildman–Crippen LogP) is 4.06. The Kier molecular flexibility index (Phi) is 7.76. The maximum absolute atomic E-state index is 12.7. The monoisotopic (exact) mass is 340 g/mol. The first-order valence-electron chi connectivity index (χ1n) is 9.07. The molecule has 2 nitrogen and oxygen atoms in total. The lowest BCUT2D eigenvalue weighted by atomic mass is 10.1. The third-order valence-electron chi connectivity index (χ3n) is 4.27. The van der Waals surface area contributed by atoms with Crippen LogP contribution in [0.15, 0.2) is 54.6 Å². The summed E-state index contributed by atoms with van der Waals surface area (Å²) in [5.74, 6) is 0.759. The molecule has 0 fully saturated rings. The minimum absolute atomic E-state index is 0.198. The molecule has 1 atom stereocenters. The van der Waals surface area contributed by atoms with Crippen LogP contribution < -0.4 is 9.92 Å². The summed E-state index contributed by atoms with van der Waals surface area (Å²) in [6.07, 6.45) is 5.87. The van der Waals surface area contributed by atoms with Crippen molar-refractivity contribution < 1.29 is 9.53 Å². The van der Waals surface area contributed by atoms with Gasteiger partial charge in [0.15, 0.2) is 0 Å². The van der Waals surface area contributed by atoms with Crippen LogP contribution in [-0.4, -0.2) is 21.0 Å². The number of rotatable bonds is 10. The highest BCUT2D eigenvalue weighted by atomic mass is 28.2. The van der Waals surface area contributed by atoms with E-state index in [1.165, 1.54) is 24.4 Å². The smallest absolute Gasteiger partial charge is 0.141 e. The fourth-order valence-electron chi connectivity index (χ4n) is 2.82. The Morgan fingerprint density at radius 2 is 1.71 bits per heavy atom. The van der Waals surface area contributed by atoms with E-state index in [2.05, 4.69) is 13.8 Å². The molecule has 2 aromatic rings. The zero-order valence-corrected chi connectivity index (χ0v) is 16.2. The molecule has 0 aliphatic rings. The Hall–Kier alpha value is -1.87. The van der Waals surface area contributed by atoms with Crippen molar-refractivity contribution in [2.24, 2.45) is 0 Å². The second-order valence-corrected chi connectivity index (χ2v) is 8.04. The topological polar surface area (TPSA) is 26.3 Å². The van der Waals surface area contributed by atoms with Crippen molar-refractivity contribution in [2.75, 3.05) is 0 Å². The molecule has 128 valence electrons. The van der Waals surface area contributed by atoms with E-state index in [-0.39, 0.29) is 11.5 Å². The van der Waals surface area contributed by atoms with Gasteiger partial charge in [0.2, 0.25) is 0 Å². The summed E-state index contributed by atoms with van der Waals surface area (Å²) in [7, 11) is -0.985. The summed E-state index contributed by atoms with van der Waals surface area (Å²) in [5.41, 5.74) is 0.752. The molecule has 0 heterocycles. The maximum Gasteiger partial charge on any atom is 0.141 e. The van der Waals surface area contributed by atoms with Gasteiger partial charge in [-0.2, -0.15) is 0 Å². The first kappa shape index (κ1) is 18.5. The average molecular weight is 341 g/mol. The van der Waals surface area contributed by atoms with Crippen LogP contribution in [0.3, 0.4) is 0 Å². The van der Waals surface area contributed by atoms with E-state index in [0.29, 0.717) is 0 Å². The highest BCUT2D eigenvalue weighted by Crippen LogP contribution is 2.22. The van der Waals surface area contributed by atoms with E-state index in [1.54, 1.807) is 0 Å². The Morgan fingerprint density at radius 3 is 2.42 bits per heavy atom. The van der Waals surface area contributed by atoms with Gasteiger partial charge < -0.3 is 9.53 Å². The second kappa shape index (κ2) is 10.1. The van der Waals surface area contributed by atoms with Gasteiger partial charge in [0.05, 0.1) is 11.7 Å². The highest BCUT2D eigenvalue weighted by molar-refractivity contribution is 6.87. The number of para-hydroxylation sites is 1. The summed E-state index contributed by atoms with van der Waals surface area (Å²) in [6.45, 7) is 4.36. The van der Waals surface area contributed by atoms with E-state index < -0.39 is 9.52 Å². The molecular weight excluding hydrogens is 312 g/mol. The van der Waals surface area contributed by atoms with Gasteiger partial charge in [-0.3, -0.25) is 0 Å². The normalized spacial score (nSPS) is 12.4. The quantitative estimate of drug-likeness (QED) is 0.481. The van der Waals surface area contributed by atoms with E-state index in [0.717, 1.165) is 24.2 Å². The SMILES string of the molecule is CCCCCC(CC)Oc1ccccc1C(=O)[SiH2]c1ccccc1. The van der Waals surface area contributed by atoms with Crippen LogP contribution in [0.1, 0.15) is 56.3 Å². The van der Waals surface area contributed by atoms with Gasteiger partial charge in [-0.25, -0.2) is 0 Å². The van der Waals surface area contributed by atoms with Crippen LogP contribution in [0.25, 0.3) is 0 Å². The zero-order chi connectivity index (χ0) is 17.2. The van der Waals surface area contributed by atoms with Gasteiger partial charge in [-0.1, -0.05) is 74.3 Å². The molecule has 0 spiro atoms. The molecule has 0 saturated heterocycles. The summed E-state index contributed by atoms with van der Waals surface area (Å²) >= 11 is 0. The lowest BCUT2D eigenvalue weighted by molar-refractivity contribution is 0.106. The second-order valence-electron chi connectivity index (χ2n) is 6.23. The van der Waals surface area contributed by atoms with E-state index >= 15 is 0 Å². The standard InChI is InChI=1S/C21H28O2Si/c1-3-5-7-12-17(4-2)23-20-16-11-10-15-19(20)21(22)24-18-13-8-6-9-14-18/h6,8-11,13-17H,3-5,7,12,24H2,1-2H3. The van der Waals surface area contributed by atoms with Crippen LogP contribution in [0.2, 0.25) is 0 Å². The first-order chi connectivity index (χ1) is 11.7. The summed E-state index contributed by atoms with van der Waals surface area (Å²) in [4.78, 5) is 12.7. The first-order valence-corrected chi connectivity index (χ1v) is 10.5. The Morgan fingerprint density at radius 1 is 1.00 bits per heavy atom. The van der Waals surface area contributed by atoms with Crippen molar-refractivity contribution in [1.82, 2.24) is 0 Å². The predicted molar refractivity (Wildman–Crippen MR) is 104 cm³/mol. The summed E-state index contributed by atoms with van der Waals surface area (Å²) < 4.78 is 6.20. The van der Waals surface area contributed by atoms with Crippen LogP contribution >= 0.6 is 0 Å². The molecule has 0 saturated carbocycles. The minimum atomic E-state index is -0.985. The van der Waals surface area contributed by atoms with Crippen molar-refractivity contribution in [3.63, 3.8) is 0 Å². The maximum atomic E-state index is 12.7. The molecular formula is C21H28O2Si. The number of benzene rings is 2. The van der Waals surface area contributed by atoms with Gasteiger partial charge >= 0.3 is 0 Å². The molecule has 1 unspecified atom stereocenters. The molecule has 0 aromatic heterocycles. The number of hydrogen-bond acceptors (Lipinski definition) is 2. The molecule has 0 bridgehead atoms. The summed E-state index contributed by atoms with van der Waals surface area (Å²) in [5, 5.41) is 1.42. The molecule has 2 rings (SSSR count). The zero-order valence-electron chi connectivity index (χ0n) is 14.8. The minimum Gasteiger partial charge on any atom is -0.490 e. The van der Waals surface area contributed by atoms with Crippen molar-refractivity contribution >= 4 is 20.1 Å². The van der Waals surface area contributed by atoms with Gasteiger partial charge in [0, 0.05) is 0 Å². The van der Waals surface area contributed by atoms with E-state index in [4.69, 9.17) is 4.74 Å². The molecule has 24 heavy (non-hydrogen) atoms. The van der Waals surface area contributed by atoms with Crippen LogP contribution in [0.5, 0.6) is 5.75 Å². The Bertz CT molecular complexity index is 625. The molecule has 3 heteroatoms. The number of carbonyl (C=O) groups excluding carboxylic acids is 1. The van der Waals surface area contributed by atoms with Crippen LogP contribution in [0, 0.1) is 0 Å². The largest absolute Gasteiger partial charge is 0.490 e. The van der Waals surface area contributed by atoms with Crippen molar-refractivity contribution in [3.05, 3.63) is 60.2 Å². The van der Waals surface area contributed by atoms with Gasteiger partial charge in [-0.05, 0) is 31.4 Å². The Labute approximate surface area is 148 Å². The van der Waals surface area contributed by atoms with Gasteiger partial charge in [-0.15, -0.1) is 0 Å². The number of hydrogen-bond donors (Lipinski definition) is 0. The molecule has 0 radical (unpaired) electrons. The van der Waals surface area contributed by atoms with Crippen molar-refractivity contribution in [2.45, 2.75) is 52.1 Å². The number of carbonyl (C=O) groups is 1. The van der Waals surface area contributed by atoms with E-state index in [9.17, 15) is 4.79 Å². The van der Waals surface area contributed by atoms with Crippen LogP contribution in [-0.2, 0) is 0 Å². The fraction of sp³-hybridized carbons (Fsp3) is 0.381. The lowest BCUT2D eigenvalue weighted by Gasteiger charge is -2.19. The van der Waals surface area contributed by atoms with Gasteiger partial charge in [0.25, 0.3) is 0 Å². The molecule has 0 aliphatic heterocycles. The fourth-order valence-corrected chi connectivity index (χ4v) is 4.19. The Balaban J connectivity index is 2.07. The molecule has 0 N–H and O–H groups in total. The average Bonchev–Trinajstić information content (AvgIpc) is 2.62. The van der Waals surface area contributed by atoms with E-state index in [1.807, 2.05) is 54.6 Å². The molecule has 2 aromatic carbocycles. The van der Waals surface area contributed by atoms with Crippen molar-refractivity contribution in [3.8, 4) is 5.75 Å². The van der Waals surface area contributed by atoms with Crippen molar-refractivity contribution in [1.29, 1.82) is 0 Å². The number of ether oxygens (including phenoxy) is 1.